The fraction of sp³-hybridized carbons (Fsp3) is 0.667. The van der Waals surface area contributed by atoms with E-state index in [4.69, 9.17) is 4.42 Å². The van der Waals surface area contributed by atoms with E-state index in [1.807, 2.05) is 39.8 Å². The van der Waals surface area contributed by atoms with Crippen molar-refractivity contribution in [1.29, 1.82) is 0 Å². The largest absolute Gasteiger partial charge is 0.467 e. The average molecular weight is 335 g/mol. The predicted molar refractivity (Wildman–Crippen MR) is 92.2 cm³/mol. The summed E-state index contributed by atoms with van der Waals surface area (Å²) < 4.78 is 5.22. The molecule has 2 heterocycles. The van der Waals surface area contributed by atoms with Crippen LogP contribution in [-0.4, -0.2) is 41.4 Å². The zero-order valence-corrected chi connectivity index (χ0v) is 15.1. The zero-order chi connectivity index (χ0) is 17.7. The van der Waals surface area contributed by atoms with Gasteiger partial charge in [0.1, 0.15) is 5.76 Å². The van der Waals surface area contributed by atoms with Crippen LogP contribution in [0.15, 0.2) is 22.8 Å². The van der Waals surface area contributed by atoms with Crippen molar-refractivity contribution in [3.05, 3.63) is 24.2 Å². The van der Waals surface area contributed by atoms with E-state index in [1.54, 1.807) is 6.26 Å². The SMILES string of the molecule is C[C@@H](C(=O)NC(C)(C)C)N1CCC(C(=O)NCc2ccco2)CC1. The molecule has 0 bridgehead atoms. The van der Waals surface area contributed by atoms with Crippen LogP contribution in [0.25, 0.3) is 0 Å². The Kier molecular flexibility index (Phi) is 6.04. The number of piperidine rings is 1. The van der Waals surface area contributed by atoms with E-state index in [0.29, 0.717) is 6.54 Å². The molecule has 0 unspecified atom stereocenters. The lowest BCUT2D eigenvalue weighted by Gasteiger charge is -2.36. The number of rotatable bonds is 5. The summed E-state index contributed by atoms with van der Waals surface area (Å²) >= 11 is 0. The first kappa shape index (κ1) is 18.5. The highest BCUT2D eigenvalue weighted by Gasteiger charge is 2.30. The number of amides is 2. The number of nitrogens with one attached hydrogen (secondary N) is 2. The van der Waals surface area contributed by atoms with E-state index in [-0.39, 0.29) is 29.3 Å². The van der Waals surface area contributed by atoms with Crippen molar-refractivity contribution in [2.75, 3.05) is 13.1 Å². The van der Waals surface area contributed by atoms with Crippen molar-refractivity contribution in [2.24, 2.45) is 5.92 Å². The summed E-state index contributed by atoms with van der Waals surface area (Å²) in [4.78, 5) is 26.7. The first-order valence-electron chi connectivity index (χ1n) is 8.62. The molecule has 0 spiro atoms. The van der Waals surface area contributed by atoms with Gasteiger partial charge < -0.3 is 15.1 Å². The minimum atomic E-state index is -0.227. The van der Waals surface area contributed by atoms with Crippen LogP contribution in [-0.2, 0) is 16.1 Å². The minimum absolute atomic E-state index is 0.00842. The molecule has 2 N–H and O–H groups in total. The Labute approximate surface area is 144 Å². The van der Waals surface area contributed by atoms with Gasteiger partial charge in [-0.3, -0.25) is 14.5 Å². The Morgan fingerprint density at radius 3 is 2.54 bits per heavy atom. The standard InChI is InChI=1S/C18H29N3O3/c1-13(16(22)20-18(2,3)4)21-9-7-14(8-10-21)17(23)19-12-15-6-5-11-24-15/h5-6,11,13-14H,7-10,12H2,1-4H3,(H,19,23)(H,20,22)/t13-/m0/s1. The lowest BCUT2D eigenvalue weighted by molar-refractivity contribution is -0.129. The van der Waals surface area contributed by atoms with Gasteiger partial charge in [-0.25, -0.2) is 0 Å². The third-order valence-corrected chi connectivity index (χ3v) is 4.34. The molecule has 134 valence electrons. The molecular formula is C18H29N3O3. The van der Waals surface area contributed by atoms with Crippen LogP contribution in [0.3, 0.4) is 0 Å². The first-order chi connectivity index (χ1) is 11.3. The van der Waals surface area contributed by atoms with E-state index < -0.39 is 0 Å². The zero-order valence-electron chi connectivity index (χ0n) is 15.1. The third kappa shape index (κ3) is 5.37. The van der Waals surface area contributed by atoms with Crippen molar-refractivity contribution in [1.82, 2.24) is 15.5 Å². The maximum Gasteiger partial charge on any atom is 0.237 e. The summed E-state index contributed by atoms with van der Waals surface area (Å²) in [7, 11) is 0. The Hall–Kier alpha value is -1.82. The lowest BCUT2D eigenvalue weighted by Crippen LogP contribution is -2.53. The molecule has 1 aliphatic heterocycles. The van der Waals surface area contributed by atoms with Crippen LogP contribution in [0.4, 0.5) is 0 Å². The Balaban J connectivity index is 1.76. The lowest BCUT2D eigenvalue weighted by atomic mass is 9.94. The topological polar surface area (TPSA) is 74.6 Å². The van der Waals surface area contributed by atoms with Crippen molar-refractivity contribution in [3.63, 3.8) is 0 Å². The Morgan fingerprint density at radius 2 is 2.00 bits per heavy atom. The van der Waals surface area contributed by atoms with Gasteiger partial charge in [0.2, 0.25) is 11.8 Å². The quantitative estimate of drug-likeness (QED) is 0.862. The van der Waals surface area contributed by atoms with E-state index in [9.17, 15) is 9.59 Å². The highest BCUT2D eigenvalue weighted by Crippen LogP contribution is 2.20. The van der Waals surface area contributed by atoms with E-state index in [2.05, 4.69) is 15.5 Å². The van der Waals surface area contributed by atoms with Crippen LogP contribution in [0.5, 0.6) is 0 Å². The van der Waals surface area contributed by atoms with E-state index in [1.165, 1.54) is 0 Å². The molecule has 1 aromatic heterocycles. The molecule has 1 aromatic rings. The predicted octanol–water partition coefficient (Wildman–Crippen LogP) is 1.91. The van der Waals surface area contributed by atoms with Crippen molar-refractivity contribution in [3.8, 4) is 0 Å². The number of furan rings is 1. The molecule has 6 heteroatoms. The highest BCUT2D eigenvalue weighted by molar-refractivity contribution is 5.82. The summed E-state index contributed by atoms with van der Waals surface area (Å²) in [6.45, 7) is 9.82. The minimum Gasteiger partial charge on any atom is -0.467 e. The van der Waals surface area contributed by atoms with Crippen LogP contribution >= 0.6 is 0 Å². The second kappa shape index (κ2) is 7.83. The van der Waals surface area contributed by atoms with E-state index >= 15 is 0 Å². The molecule has 0 aliphatic carbocycles. The van der Waals surface area contributed by atoms with Gasteiger partial charge in [0.05, 0.1) is 18.8 Å². The summed E-state index contributed by atoms with van der Waals surface area (Å²) in [6, 6.07) is 3.49. The molecule has 2 rings (SSSR count). The highest BCUT2D eigenvalue weighted by atomic mass is 16.3. The van der Waals surface area contributed by atoms with Crippen LogP contribution in [0, 0.1) is 5.92 Å². The van der Waals surface area contributed by atoms with Gasteiger partial charge in [0, 0.05) is 11.5 Å². The Bertz CT molecular complexity index is 540. The number of hydrogen-bond donors (Lipinski definition) is 2. The number of nitrogens with zero attached hydrogens (tertiary/aromatic N) is 1. The van der Waals surface area contributed by atoms with Crippen LogP contribution in [0.1, 0.15) is 46.3 Å². The maximum atomic E-state index is 12.3. The van der Waals surface area contributed by atoms with Gasteiger partial charge in [-0.15, -0.1) is 0 Å². The molecule has 1 fully saturated rings. The molecule has 1 aliphatic rings. The number of likely N-dealkylation sites (tertiary alicyclic amines) is 1. The average Bonchev–Trinajstić information content (AvgIpc) is 3.04. The van der Waals surface area contributed by atoms with Crippen molar-refractivity contribution >= 4 is 11.8 Å². The van der Waals surface area contributed by atoms with Gasteiger partial charge in [0.15, 0.2) is 0 Å². The molecule has 0 radical (unpaired) electrons. The van der Waals surface area contributed by atoms with Crippen LogP contribution in [0.2, 0.25) is 0 Å². The molecule has 1 atom stereocenters. The summed E-state index contributed by atoms with van der Waals surface area (Å²) in [5, 5.41) is 5.94. The molecule has 2 amide bonds. The summed E-state index contributed by atoms with van der Waals surface area (Å²) in [6.07, 6.45) is 3.15. The number of carbonyl (C=O) groups excluding carboxylic acids is 2. The smallest absolute Gasteiger partial charge is 0.237 e. The Morgan fingerprint density at radius 1 is 1.33 bits per heavy atom. The molecule has 0 saturated carbocycles. The molecule has 24 heavy (non-hydrogen) atoms. The van der Waals surface area contributed by atoms with Crippen molar-refractivity contribution in [2.45, 2.75) is 58.7 Å². The second-order valence-electron chi connectivity index (χ2n) is 7.52. The van der Waals surface area contributed by atoms with E-state index in [0.717, 1.165) is 31.7 Å². The number of hydrogen-bond acceptors (Lipinski definition) is 4. The van der Waals surface area contributed by atoms with Gasteiger partial charge in [-0.1, -0.05) is 0 Å². The molecule has 1 saturated heterocycles. The van der Waals surface area contributed by atoms with Gasteiger partial charge in [0.25, 0.3) is 0 Å². The van der Waals surface area contributed by atoms with Gasteiger partial charge >= 0.3 is 0 Å². The van der Waals surface area contributed by atoms with Crippen LogP contribution < -0.4 is 10.6 Å². The maximum absolute atomic E-state index is 12.3. The normalized spacial score (nSPS) is 18.2. The fourth-order valence-corrected chi connectivity index (χ4v) is 2.92. The van der Waals surface area contributed by atoms with Gasteiger partial charge in [-0.2, -0.15) is 0 Å². The number of carbonyl (C=O) groups is 2. The summed E-state index contributed by atoms with van der Waals surface area (Å²) in [5.41, 5.74) is -0.227. The molecule has 6 nitrogen and oxygen atoms in total. The van der Waals surface area contributed by atoms with Gasteiger partial charge in [-0.05, 0) is 65.8 Å². The third-order valence-electron chi connectivity index (χ3n) is 4.34. The first-order valence-corrected chi connectivity index (χ1v) is 8.62. The monoisotopic (exact) mass is 335 g/mol. The molecule has 0 aromatic carbocycles. The van der Waals surface area contributed by atoms with Crippen molar-refractivity contribution < 1.29 is 14.0 Å². The second-order valence-corrected chi connectivity index (χ2v) is 7.52. The fourth-order valence-electron chi connectivity index (χ4n) is 2.92. The molecular weight excluding hydrogens is 306 g/mol. The summed E-state index contributed by atoms with van der Waals surface area (Å²) in [5.74, 6) is 0.878.